The number of anilines is 1. The highest BCUT2D eigenvalue weighted by Gasteiger charge is 2.30. The summed E-state index contributed by atoms with van der Waals surface area (Å²) in [5, 5.41) is 3.37. The minimum absolute atomic E-state index is 0.0615. The number of carbonyl (C=O) groups excluding carboxylic acids is 2. The molecule has 3 aromatic rings. The van der Waals surface area contributed by atoms with Crippen molar-refractivity contribution in [2.75, 3.05) is 38.0 Å². The van der Waals surface area contributed by atoms with Crippen LogP contribution < -0.4 is 5.32 Å². The van der Waals surface area contributed by atoms with Gasteiger partial charge in [0.05, 0.1) is 10.6 Å². The number of hydrogen-bond acceptors (Lipinski definition) is 7. The molecule has 1 fully saturated rings. The molecule has 2 aliphatic heterocycles. The van der Waals surface area contributed by atoms with Crippen LogP contribution in [0, 0.1) is 0 Å². The van der Waals surface area contributed by atoms with E-state index in [-0.39, 0.29) is 29.5 Å². The summed E-state index contributed by atoms with van der Waals surface area (Å²) < 4.78 is 27.7. The Hall–Kier alpha value is -3.12. The van der Waals surface area contributed by atoms with Gasteiger partial charge < -0.3 is 4.90 Å². The van der Waals surface area contributed by atoms with Gasteiger partial charge in [-0.3, -0.25) is 19.8 Å². The normalized spacial score (nSPS) is 16.8. The number of fused-ring (bicyclic) bond motifs is 1. The van der Waals surface area contributed by atoms with Gasteiger partial charge in [0.15, 0.2) is 5.13 Å². The second kappa shape index (κ2) is 10.7. The van der Waals surface area contributed by atoms with Crippen LogP contribution in [-0.2, 0) is 34.3 Å². The number of hydrogen-bond donors (Lipinski definition) is 1. The molecule has 0 spiro atoms. The van der Waals surface area contributed by atoms with Crippen LogP contribution in [0.25, 0.3) is 0 Å². The number of piperazine rings is 1. The second-order valence-corrected chi connectivity index (χ2v) is 12.2. The summed E-state index contributed by atoms with van der Waals surface area (Å²) in [7, 11) is -3.78. The van der Waals surface area contributed by atoms with Crippen LogP contribution in [0.3, 0.4) is 0 Å². The predicted octanol–water partition coefficient (Wildman–Crippen LogP) is 2.81. The van der Waals surface area contributed by atoms with Gasteiger partial charge in [-0.1, -0.05) is 36.4 Å². The largest absolute Gasteiger partial charge is 0.340 e. The van der Waals surface area contributed by atoms with E-state index in [9.17, 15) is 18.0 Å². The molecule has 0 bridgehead atoms. The Morgan fingerprint density at radius 2 is 1.76 bits per heavy atom. The SMILES string of the molecule is CC(=O)N1CCN(S(=O)(=O)c2cccc(C(=O)Nc3nc4c(s3)CN(Cc3ccccc3)CC4)c2)CC1. The molecule has 0 saturated carbocycles. The zero-order chi connectivity index (χ0) is 26.0. The smallest absolute Gasteiger partial charge is 0.257 e. The van der Waals surface area contributed by atoms with E-state index in [1.807, 2.05) is 18.2 Å². The van der Waals surface area contributed by atoms with Crippen molar-refractivity contribution in [3.05, 3.63) is 76.3 Å². The summed E-state index contributed by atoms with van der Waals surface area (Å²) in [6.45, 7) is 5.19. The number of benzene rings is 2. The highest BCUT2D eigenvalue weighted by atomic mass is 32.2. The molecule has 9 nitrogen and oxygen atoms in total. The molecule has 2 aromatic carbocycles. The van der Waals surface area contributed by atoms with E-state index in [1.165, 1.54) is 40.3 Å². The summed E-state index contributed by atoms with van der Waals surface area (Å²) in [4.78, 5) is 34.4. The molecular formula is C26H29N5O4S2. The second-order valence-electron chi connectivity index (χ2n) is 9.23. The van der Waals surface area contributed by atoms with Crippen LogP contribution in [0.2, 0.25) is 0 Å². The fourth-order valence-corrected chi connectivity index (χ4v) is 7.15. The summed E-state index contributed by atoms with van der Waals surface area (Å²) >= 11 is 1.46. The number of sulfonamides is 1. The van der Waals surface area contributed by atoms with E-state index in [0.29, 0.717) is 18.2 Å². The molecule has 1 aromatic heterocycles. The number of rotatable bonds is 6. The van der Waals surface area contributed by atoms with E-state index in [1.54, 1.807) is 17.0 Å². The number of carbonyl (C=O) groups is 2. The van der Waals surface area contributed by atoms with Crippen molar-refractivity contribution >= 4 is 38.3 Å². The van der Waals surface area contributed by atoms with Gasteiger partial charge in [-0.15, -0.1) is 11.3 Å². The Kier molecular flexibility index (Phi) is 7.38. The lowest BCUT2D eigenvalue weighted by Gasteiger charge is -2.33. The molecule has 0 unspecified atom stereocenters. The molecule has 2 aliphatic rings. The molecular weight excluding hydrogens is 510 g/mol. The van der Waals surface area contributed by atoms with E-state index in [2.05, 4.69) is 27.3 Å². The number of aromatic nitrogens is 1. The van der Waals surface area contributed by atoms with Gasteiger partial charge in [-0.2, -0.15) is 4.31 Å². The van der Waals surface area contributed by atoms with Gasteiger partial charge in [0.25, 0.3) is 5.91 Å². The third kappa shape index (κ3) is 5.74. The molecule has 37 heavy (non-hydrogen) atoms. The Balaban J connectivity index is 1.24. The standard InChI is InChI=1S/C26H29N5O4S2/c1-19(32)30-12-14-31(15-13-30)37(34,35)22-9-5-8-21(16-22)25(33)28-26-27-23-10-11-29(18-24(23)36-26)17-20-6-3-2-4-7-20/h2-9,16H,10-15,17-18H2,1H3,(H,27,28,33). The van der Waals surface area contributed by atoms with Gasteiger partial charge in [0, 0.05) is 69.6 Å². The molecule has 194 valence electrons. The average Bonchev–Trinajstić information content (AvgIpc) is 3.31. The lowest BCUT2D eigenvalue weighted by molar-refractivity contribution is -0.129. The van der Waals surface area contributed by atoms with E-state index in [4.69, 9.17) is 0 Å². The quantitative estimate of drug-likeness (QED) is 0.517. The van der Waals surface area contributed by atoms with Gasteiger partial charge in [-0.25, -0.2) is 13.4 Å². The summed E-state index contributed by atoms with van der Waals surface area (Å²) in [5.74, 6) is -0.464. The van der Waals surface area contributed by atoms with E-state index in [0.717, 1.165) is 36.6 Å². The van der Waals surface area contributed by atoms with E-state index < -0.39 is 15.9 Å². The fourth-order valence-electron chi connectivity index (χ4n) is 4.64. The lowest BCUT2D eigenvalue weighted by atomic mass is 10.1. The first-order valence-electron chi connectivity index (χ1n) is 12.2. The maximum absolute atomic E-state index is 13.2. The first kappa shape index (κ1) is 25.5. The topological polar surface area (TPSA) is 103 Å². The molecule has 0 atom stereocenters. The molecule has 5 rings (SSSR count). The monoisotopic (exact) mass is 539 g/mol. The van der Waals surface area contributed by atoms with E-state index >= 15 is 0 Å². The third-order valence-corrected chi connectivity index (χ3v) is 9.59. The number of nitrogens with zero attached hydrogens (tertiary/aromatic N) is 4. The van der Waals surface area contributed by atoms with Gasteiger partial charge in [0.1, 0.15) is 0 Å². The highest BCUT2D eigenvalue weighted by molar-refractivity contribution is 7.89. The fraction of sp³-hybridized carbons (Fsp3) is 0.346. The zero-order valence-electron chi connectivity index (χ0n) is 20.6. The van der Waals surface area contributed by atoms with Crippen LogP contribution in [0.1, 0.15) is 33.4 Å². The van der Waals surface area contributed by atoms with Gasteiger partial charge in [-0.05, 0) is 23.8 Å². The minimum Gasteiger partial charge on any atom is -0.340 e. The van der Waals surface area contributed by atoms with Crippen LogP contribution in [0.4, 0.5) is 5.13 Å². The Morgan fingerprint density at radius 1 is 1.00 bits per heavy atom. The van der Waals surface area contributed by atoms with Crippen molar-refractivity contribution < 1.29 is 18.0 Å². The van der Waals surface area contributed by atoms with Crippen molar-refractivity contribution in [3.8, 4) is 0 Å². The zero-order valence-corrected chi connectivity index (χ0v) is 22.2. The molecule has 2 amide bonds. The summed E-state index contributed by atoms with van der Waals surface area (Å²) in [6, 6.07) is 16.4. The average molecular weight is 540 g/mol. The van der Waals surface area contributed by atoms with Crippen molar-refractivity contribution in [1.82, 2.24) is 19.1 Å². The molecule has 1 N–H and O–H groups in total. The van der Waals surface area contributed by atoms with Crippen LogP contribution in [-0.4, -0.2) is 72.0 Å². The van der Waals surface area contributed by atoms with Crippen LogP contribution in [0.15, 0.2) is 59.5 Å². The molecule has 11 heteroatoms. The van der Waals surface area contributed by atoms with Crippen molar-refractivity contribution in [2.24, 2.45) is 0 Å². The lowest BCUT2D eigenvalue weighted by Crippen LogP contribution is -2.49. The number of nitrogens with one attached hydrogen (secondary N) is 1. The molecule has 3 heterocycles. The van der Waals surface area contributed by atoms with Crippen molar-refractivity contribution in [3.63, 3.8) is 0 Å². The Morgan fingerprint density at radius 3 is 2.49 bits per heavy atom. The maximum atomic E-state index is 13.2. The molecule has 0 radical (unpaired) electrons. The number of thiazole rings is 1. The highest BCUT2D eigenvalue weighted by Crippen LogP contribution is 2.29. The number of amides is 2. The Labute approximate surface area is 220 Å². The van der Waals surface area contributed by atoms with Crippen molar-refractivity contribution in [1.29, 1.82) is 0 Å². The summed E-state index contributed by atoms with van der Waals surface area (Å²) in [5.41, 5.74) is 2.52. The van der Waals surface area contributed by atoms with Crippen LogP contribution in [0.5, 0.6) is 0 Å². The first-order valence-corrected chi connectivity index (χ1v) is 14.5. The minimum atomic E-state index is -3.78. The van der Waals surface area contributed by atoms with Gasteiger partial charge in [0.2, 0.25) is 15.9 Å². The molecule has 0 aliphatic carbocycles. The maximum Gasteiger partial charge on any atom is 0.257 e. The Bertz CT molecular complexity index is 1400. The predicted molar refractivity (Wildman–Crippen MR) is 142 cm³/mol. The third-order valence-electron chi connectivity index (χ3n) is 6.70. The first-order chi connectivity index (χ1) is 17.8. The molecule has 1 saturated heterocycles. The van der Waals surface area contributed by atoms with Crippen LogP contribution >= 0.6 is 11.3 Å². The van der Waals surface area contributed by atoms with Gasteiger partial charge >= 0.3 is 0 Å². The van der Waals surface area contributed by atoms with Crippen molar-refractivity contribution in [2.45, 2.75) is 31.3 Å². The summed E-state index contributed by atoms with van der Waals surface area (Å²) in [6.07, 6.45) is 0.819.